The minimum atomic E-state index is -0.239. The predicted octanol–water partition coefficient (Wildman–Crippen LogP) is 5.48. The molecule has 0 spiro atoms. The Kier molecular flexibility index (Phi) is 5.72. The maximum atomic E-state index is 12.3. The van der Waals surface area contributed by atoms with Gasteiger partial charge >= 0.3 is 0 Å². The fourth-order valence-corrected chi connectivity index (χ4v) is 2.40. The average Bonchev–Trinajstić information content (AvgIpc) is 2.57. The van der Waals surface area contributed by atoms with Crippen LogP contribution in [-0.4, -0.2) is 10.9 Å². The average molecular weight is 327 g/mol. The number of hydrogen-bond donors (Lipinski definition) is 1. The molecule has 1 N–H and O–H groups in total. The third-order valence-corrected chi connectivity index (χ3v) is 3.56. The summed E-state index contributed by atoms with van der Waals surface area (Å²) >= 11 is 6.05. The Morgan fingerprint density at radius 1 is 1.00 bits per heavy atom. The first-order valence-electron chi connectivity index (χ1n) is 7.57. The number of anilines is 1. The molecule has 0 fully saturated rings. The zero-order valence-electron chi connectivity index (χ0n) is 13.4. The fourth-order valence-electron chi connectivity index (χ4n) is 2.18. The van der Waals surface area contributed by atoms with E-state index in [4.69, 9.17) is 11.6 Å². The molecule has 3 nitrogen and oxygen atoms in total. The lowest BCUT2D eigenvalue weighted by Crippen LogP contribution is -2.13. The third-order valence-electron chi connectivity index (χ3n) is 3.23. The highest BCUT2D eigenvalue weighted by Crippen LogP contribution is 2.23. The van der Waals surface area contributed by atoms with Crippen molar-refractivity contribution in [3.8, 4) is 0 Å². The second-order valence-electron chi connectivity index (χ2n) is 4.76. The zero-order chi connectivity index (χ0) is 16.8. The fraction of sp³-hybridized carbons (Fsp3) is 0.158. The molecule has 0 atom stereocenters. The van der Waals surface area contributed by atoms with E-state index in [0.29, 0.717) is 16.3 Å². The second-order valence-corrected chi connectivity index (χ2v) is 5.17. The lowest BCUT2D eigenvalue weighted by atomic mass is 10.1. The Hall–Kier alpha value is -2.39. The summed E-state index contributed by atoms with van der Waals surface area (Å²) in [6.07, 6.45) is 0. The summed E-state index contributed by atoms with van der Waals surface area (Å²) < 4.78 is 0. The summed E-state index contributed by atoms with van der Waals surface area (Å²) in [7, 11) is 0. The van der Waals surface area contributed by atoms with E-state index in [0.717, 1.165) is 16.6 Å². The van der Waals surface area contributed by atoms with E-state index in [1.165, 1.54) is 0 Å². The highest BCUT2D eigenvalue weighted by Gasteiger charge is 2.11. The SMILES string of the molecule is CC.Cc1ccc2cccc(NC(=O)c3ccccc3Cl)c2n1. The van der Waals surface area contributed by atoms with Gasteiger partial charge in [0.15, 0.2) is 0 Å². The predicted molar refractivity (Wildman–Crippen MR) is 97.2 cm³/mol. The van der Waals surface area contributed by atoms with E-state index in [-0.39, 0.29) is 5.91 Å². The molecule has 2 aromatic carbocycles. The Bertz CT molecular complexity index is 830. The summed E-state index contributed by atoms with van der Waals surface area (Å²) in [4.78, 5) is 16.8. The number of benzene rings is 2. The van der Waals surface area contributed by atoms with Gasteiger partial charge in [0.05, 0.1) is 21.8 Å². The van der Waals surface area contributed by atoms with Crippen LogP contribution >= 0.6 is 11.6 Å². The van der Waals surface area contributed by atoms with Crippen LogP contribution in [-0.2, 0) is 0 Å². The smallest absolute Gasteiger partial charge is 0.257 e. The van der Waals surface area contributed by atoms with Crippen LogP contribution in [0.25, 0.3) is 10.9 Å². The number of carbonyl (C=O) groups is 1. The van der Waals surface area contributed by atoms with Gasteiger partial charge in [0, 0.05) is 11.1 Å². The number of halogens is 1. The summed E-state index contributed by atoms with van der Waals surface area (Å²) in [5.74, 6) is -0.239. The summed E-state index contributed by atoms with van der Waals surface area (Å²) in [5.41, 5.74) is 2.81. The monoisotopic (exact) mass is 326 g/mol. The molecule has 4 heteroatoms. The van der Waals surface area contributed by atoms with Gasteiger partial charge in [-0.15, -0.1) is 0 Å². The van der Waals surface area contributed by atoms with Crippen LogP contribution < -0.4 is 5.32 Å². The molecule has 0 saturated carbocycles. The molecule has 3 rings (SSSR count). The molecule has 0 aliphatic carbocycles. The van der Waals surface area contributed by atoms with E-state index < -0.39 is 0 Å². The molecular weight excluding hydrogens is 308 g/mol. The molecule has 0 radical (unpaired) electrons. The molecule has 118 valence electrons. The van der Waals surface area contributed by atoms with E-state index in [1.54, 1.807) is 24.3 Å². The van der Waals surface area contributed by atoms with Crippen molar-refractivity contribution in [2.75, 3.05) is 5.32 Å². The van der Waals surface area contributed by atoms with E-state index in [1.807, 2.05) is 51.1 Å². The van der Waals surface area contributed by atoms with Crippen LogP contribution in [0.2, 0.25) is 5.02 Å². The molecule has 0 aliphatic rings. The summed E-state index contributed by atoms with van der Waals surface area (Å²) in [6, 6.07) is 16.6. The van der Waals surface area contributed by atoms with Crippen molar-refractivity contribution < 1.29 is 4.79 Å². The number of nitrogens with one attached hydrogen (secondary N) is 1. The van der Waals surface area contributed by atoms with Gasteiger partial charge in [-0.2, -0.15) is 0 Å². The van der Waals surface area contributed by atoms with Crippen LogP contribution in [0.1, 0.15) is 29.9 Å². The van der Waals surface area contributed by atoms with E-state index in [2.05, 4.69) is 10.3 Å². The lowest BCUT2D eigenvalue weighted by Gasteiger charge is -2.09. The zero-order valence-corrected chi connectivity index (χ0v) is 14.2. The number of aromatic nitrogens is 1. The number of pyridine rings is 1. The molecule has 23 heavy (non-hydrogen) atoms. The van der Waals surface area contributed by atoms with Crippen molar-refractivity contribution in [2.45, 2.75) is 20.8 Å². The molecular formula is C19H19ClN2O. The maximum absolute atomic E-state index is 12.3. The van der Waals surface area contributed by atoms with Crippen LogP contribution in [0.15, 0.2) is 54.6 Å². The number of aryl methyl sites for hydroxylation is 1. The van der Waals surface area contributed by atoms with Crippen molar-refractivity contribution in [2.24, 2.45) is 0 Å². The molecule has 3 aromatic rings. The van der Waals surface area contributed by atoms with Gasteiger partial charge in [-0.1, -0.05) is 55.8 Å². The normalized spacial score (nSPS) is 9.91. The van der Waals surface area contributed by atoms with Crippen LogP contribution in [0, 0.1) is 6.92 Å². The first kappa shape index (κ1) is 17.0. The van der Waals surface area contributed by atoms with Crippen molar-refractivity contribution in [1.29, 1.82) is 0 Å². The molecule has 0 bridgehead atoms. The Balaban J connectivity index is 0.000000924. The third kappa shape index (κ3) is 3.88. The molecule has 0 aliphatic heterocycles. The molecule has 0 saturated heterocycles. The largest absolute Gasteiger partial charge is 0.320 e. The number of para-hydroxylation sites is 1. The summed E-state index contributed by atoms with van der Waals surface area (Å²) in [6.45, 7) is 5.92. The number of nitrogens with zero attached hydrogens (tertiary/aromatic N) is 1. The van der Waals surface area contributed by atoms with E-state index in [9.17, 15) is 4.79 Å². The quantitative estimate of drug-likeness (QED) is 0.678. The minimum absolute atomic E-state index is 0.239. The van der Waals surface area contributed by atoms with Gasteiger partial charge in [0.2, 0.25) is 0 Å². The van der Waals surface area contributed by atoms with Gasteiger partial charge < -0.3 is 5.32 Å². The number of rotatable bonds is 2. The maximum Gasteiger partial charge on any atom is 0.257 e. The highest BCUT2D eigenvalue weighted by atomic mass is 35.5. The lowest BCUT2D eigenvalue weighted by molar-refractivity contribution is 0.102. The molecule has 1 aromatic heterocycles. The van der Waals surface area contributed by atoms with Gasteiger partial charge in [-0.05, 0) is 31.2 Å². The van der Waals surface area contributed by atoms with Gasteiger partial charge in [-0.25, -0.2) is 0 Å². The number of hydrogen-bond acceptors (Lipinski definition) is 2. The van der Waals surface area contributed by atoms with Crippen molar-refractivity contribution in [3.05, 3.63) is 70.9 Å². The molecule has 1 amide bonds. The van der Waals surface area contributed by atoms with Gasteiger partial charge in [-0.3, -0.25) is 9.78 Å². The number of amides is 1. The van der Waals surface area contributed by atoms with Gasteiger partial charge in [0.25, 0.3) is 5.91 Å². The minimum Gasteiger partial charge on any atom is -0.320 e. The Morgan fingerprint density at radius 2 is 1.74 bits per heavy atom. The van der Waals surface area contributed by atoms with Gasteiger partial charge in [0.1, 0.15) is 0 Å². The van der Waals surface area contributed by atoms with Crippen molar-refractivity contribution >= 4 is 34.1 Å². The topological polar surface area (TPSA) is 42.0 Å². The van der Waals surface area contributed by atoms with Crippen LogP contribution in [0.4, 0.5) is 5.69 Å². The first-order chi connectivity index (χ1) is 11.1. The van der Waals surface area contributed by atoms with Crippen LogP contribution in [0.5, 0.6) is 0 Å². The van der Waals surface area contributed by atoms with Crippen molar-refractivity contribution in [1.82, 2.24) is 4.98 Å². The number of fused-ring (bicyclic) bond motifs is 1. The number of carbonyl (C=O) groups excluding carboxylic acids is 1. The van der Waals surface area contributed by atoms with Crippen molar-refractivity contribution in [3.63, 3.8) is 0 Å². The van der Waals surface area contributed by atoms with E-state index >= 15 is 0 Å². The molecule has 0 unspecified atom stereocenters. The second kappa shape index (κ2) is 7.75. The molecule has 1 heterocycles. The Morgan fingerprint density at radius 3 is 2.48 bits per heavy atom. The highest BCUT2D eigenvalue weighted by molar-refractivity contribution is 6.34. The summed E-state index contributed by atoms with van der Waals surface area (Å²) in [5, 5.41) is 4.30. The Labute approximate surface area is 141 Å². The van der Waals surface area contributed by atoms with Crippen LogP contribution in [0.3, 0.4) is 0 Å². The standard InChI is InChI=1S/C17H13ClN2O.C2H6/c1-11-9-10-12-5-4-8-15(16(12)19-11)20-17(21)13-6-2-3-7-14(13)18;1-2/h2-10H,1H3,(H,20,21);1-2H3. The first-order valence-corrected chi connectivity index (χ1v) is 7.95.